The molecule has 7 rings (SSSR count). The smallest absolute Gasteiger partial charge is 0.0495 e. The molecule has 5 aromatic carbocycles. The Balaban J connectivity index is 1.72. The maximum absolute atomic E-state index is 2.41. The van der Waals surface area contributed by atoms with Crippen LogP contribution in [0.1, 0.15) is 0 Å². The first-order valence-corrected chi connectivity index (χ1v) is 11.1. The number of benzene rings is 5. The molecular formula is C31H21N. The Morgan fingerprint density at radius 3 is 1.31 bits per heavy atom. The highest BCUT2D eigenvalue weighted by molar-refractivity contribution is 6.13. The summed E-state index contributed by atoms with van der Waals surface area (Å²) in [4.78, 5) is 0. The zero-order chi connectivity index (χ0) is 21.2. The summed E-state index contributed by atoms with van der Waals surface area (Å²) in [6, 6.07) is 40.0. The van der Waals surface area contributed by atoms with Gasteiger partial charge in [0.2, 0.25) is 0 Å². The third-order valence-electron chi connectivity index (χ3n) is 6.99. The molecule has 6 aromatic rings. The summed E-state index contributed by atoms with van der Waals surface area (Å²) in [5, 5.41) is 2.61. The van der Waals surface area contributed by atoms with Gasteiger partial charge in [-0.05, 0) is 62.7 Å². The van der Waals surface area contributed by atoms with E-state index in [1.54, 1.807) is 0 Å². The highest BCUT2D eigenvalue weighted by Gasteiger charge is 2.23. The van der Waals surface area contributed by atoms with E-state index in [4.69, 9.17) is 0 Å². The highest BCUT2D eigenvalue weighted by atomic mass is 14.9. The molecule has 0 fully saturated rings. The third kappa shape index (κ3) is 2.28. The molecule has 0 unspecified atom stereocenters. The fraction of sp³-hybridized carbons (Fsp3) is 0.0323. The van der Waals surface area contributed by atoms with Crippen molar-refractivity contribution in [3.8, 4) is 44.5 Å². The lowest BCUT2D eigenvalue weighted by Crippen LogP contribution is -1.97. The maximum atomic E-state index is 2.41. The number of fused-ring (bicyclic) bond motifs is 11. The second-order valence-electron chi connectivity index (χ2n) is 8.63. The van der Waals surface area contributed by atoms with Crippen molar-refractivity contribution >= 4 is 21.8 Å². The lowest BCUT2D eigenvalue weighted by atomic mass is 9.80. The third-order valence-corrected chi connectivity index (χ3v) is 6.99. The molecule has 0 amide bonds. The normalized spacial score (nSPS) is 11.9. The molecule has 32 heavy (non-hydrogen) atoms. The van der Waals surface area contributed by atoms with Crippen LogP contribution >= 0.6 is 0 Å². The molecule has 0 aliphatic heterocycles. The van der Waals surface area contributed by atoms with Crippen LogP contribution in [0.2, 0.25) is 0 Å². The Kier molecular flexibility index (Phi) is 3.54. The first-order valence-electron chi connectivity index (χ1n) is 11.1. The zero-order valence-corrected chi connectivity index (χ0v) is 17.8. The lowest BCUT2D eigenvalue weighted by molar-refractivity contribution is 1.01. The van der Waals surface area contributed by atoms with Crippen LogP contribution < -0.4 is 0 Å². The van der Waals surface area contributed by atoms with Gasteiger partial charge in [-0.1, -0.05) is 91.0 Å². The molecule has 150 valence electrons. The van der Waals surface area contributed by atoms with Crippen LogP contribution in [0.5, 0.6) is 0 Å². The van der Waals surface area contributed by atoms with Crippen molar-refractivity contribution in [2.75, 3.05) is 0 Å². The number of aromatic nitrogens is 1. The van der Waals surface area contributed by atoms with E-state index in [1.807, 2.05) is 0 Å². The summed E-state index contributed by atoms with van der Waals surface area (Å²) in [5.41, 5.74) is 12.9. The second kappa shape index (κ2) is 6.45. The molecule has 0 bridgehead atoms. The largest absolute Gasteiger partial charge is 0.344 e. The van der Waals surface area contributed by atoms with Crippen LogP contribution in [0.15, 0.2) is 109 Å². The van der Waals surface area contributed by atoms with Crippen LogP contribution in [0.4, 0.5) is 0 Å². The van der Waals surface area contributed by atoms with Gasteiger partial charge in [0.25, 0.3) is 0 Å². The average Bonchev–Trinajstić information content (AvgIpc) is 3.14. The summed E-state index contributed by atoms with van der Waals surface area (Å²) in [6.07, 6.45) is 0. The van der Waals surface area contributed by atoms with Crippen molar-refractivity contribution in [3.63, 3.8) is 0 Å². The van der Waals surface area contributed by atoms with Crippen LogP contribution in [0, 0.1) is 0 Å². The van der Waals surface area contributed by atoms with Gasteiger partial charge in [-0.15, -0.1) is 0 Å². The molecule has 0 spiro atoms. The monoisotopic (exact) mass is 407 g/mol. The van der Waals surface area contributed by atoms with Gasteiger partial charge in [0, 0.05) is 28.9 Å². The topological polar surface area (TPSA) is 4.93 Å². The van der Waals surface area contributed by atoms with E-state index < -0.39 is 0 Å². The minimum Gasteiger partial charge on any atom is -0.344 e. The first-order chi connectivity index (χ1) is 15.8. The van der Waals surface area contributed by atoms with Crippen molar-refractivity contribution in [1.82, 2.24) is 4.57 Å². The minimum atomic E-state index is 1.27. The molecule has 1 aliphatic rings. The Morgan fingerprint density at radius 1 is 0.375 bits per heavy atom. The summed E-state index contributed by atoms with van der Waals surface area (Å²) >= 11 is 0. The van der Waals surface area contributed by atoms with Crippen LogP contribution in [0.3, 0.4) is 0 Å². The number of aryl methyl sites for hydroxylation is 1. The Bertz CT molecular complexity index is 1680. The highest BCUT2D eigenvalue weighted by Crippen LogP contribution is 2.49. The van der Waals surface area contributed by atoms with Gasteiger partial charge in [-0.2, -0.15) is 0 Å². The van der Waals surface area contributed by atoms with Crippen LogP contribution in [-0.2, 0) is 7.05 Å². The number of hydrogen-bond acceptors (Lipinski definition) is 0. The van der Waals surface area contributed by atoms with Gasteiger partial charge in [0.15, 0.2) is 0 Å². The SMILES string of the molecule is Cn1c2ccccc2c2cc3c(cc21)-c1ccccc1-c1ccccc1-c1ccccc1-3. The Hall–Kier alpha value is -4.10. The van der Waals surface area contributed by atoms with Gasteiger partial charge in [0.05, 0.1) is 0 Å². The molecule has 1 nitrogen and oxygen atoms in total. The van der Waals surface area contributed by atoms with E-state index in [-0.39, 0.29) is 0 Å². The van der Waals surface area contributed by atoms with Crippen LogP contribution in [0.25, 0.3) is 66.3 Å². The molecule has 0 saturated carbocycles. The minimum absolute atomic E-state index is 1.27. The molecular weight excluding hydrogens is 386 g/mol. The predicted octanol–water partition coefficient (Wildman–Crippen LogP) is 8.31. The van der Waals surface area contributed by atoms with Crippen molar-refractivity contribution in [2.45, 2.75) is 0 Å². The molecule has 1 heterocycles. The van der Waals surface area contributed by atoms with Crippen molar-refractivity contribution in [2.24, 2.45) is 7.05 Å². The Labute approximate surface area is 187 Å². The van der Waals surface area contributed by atoms with Gasteiger partial charge in [0.1, 0.15) is 0 Å². The van der Waals surface area contributed by atoms with Gasteiger partial charge in [-0.25, -0.2) is 0 Å². The number of nitrogens with zero attached hydrogens (tertiary/aromatic N) is 1. The van der Waals surface area contributed by atoms with Crippen molar-refractivity contribution in [1.29, 1.82) is 0 Å². The molecule has 0 radical (unpaired) electrons. The van der Waals surface area contributed by atoms with Gasteiger partial charge >= 0.3 is 0 Å². The number of rotatable bonds is 0. The van der Waals surface area contributed by atoms with E-state index >= 15 is 0 Å². The summed E-state index contributed by atoms with van der Waals surface area (Å²) in [5.74, 6) is 0. The lowest BCUT2D eigenvalue weighted by Gasteiger charge is -2.23. The number of para-hydroxylation sites is 1. The van der Waals surface area contributed by atoms with Crippen molar-refractivity contribution < 1.29 is 0 Å². The maximum Gasteiger partial charge on any atom is 0.0495 e. The molecule has 1 heteroatoms. The Morgan fingerprint density at radius 2 is 0.781 bits per heavy atom. The second-order valence-corrected chi connectivity index (χ2v) is 8.63. The van der Waals surface area contributed by atoms with Gasteiger partial charge in [-0.3, -0.25) is 0 Å². The standard InChI is InChI=1S/C31H21N/c1-32-30-17-9-8-16-26(30)29-18-27-24-14-6-4-12-22(24)20-10-2-3-11-21(20)23-13-5-7-15-25(23)28(27)19-31(29)32/h2-19H,1H3. The zero-order valence-electron chi connectivity index (χ0n) is 17.8. The molecule has 0 N–H and O–H groups in total. The summed E-state index contributed by atoms with van der Waals surface area (Å²) in [6.45, 7) is 0. The first kappa shape index (κ1) is 17.6. The van der Waals surface area contributed by atoms with E-state index in [1.165, 1.54) is 66.3 Å². The van der Waals surface area contributed by atoms with E-state index in [9.17, 15) is 0 Å². The van der Waals surface area contributed by atoms with E-state index in [2.05, 4.69) is 121 Å². The van der Waals surface area contributed by atoms with Crippen LogP contribution in [-0.4, -0.2) is 4.57 Å². The van der Waals surface area contributed by atoms with Crippen molar-refractivity contribution in [3.05, 3.63) is 109 Å². The van der Waals surface area contributed by atoms with Gasteiger partial charge < -0.3 is 4.57 Å². The quantitative estimate of drug-likeness (QED) is 0.238. The predicted molar refractivity (Wildman–Crippen MR) is 136 cm³/mol. The fourth-order valence-electron chi connectivity index (χ4n) is 5.51. The van der Waals surface area contributed by atoms with E-state index in [0.29, 0.717) is 0 Å². The average molecular weight is 408 g/mol. The molecule has 1 aromatic heterocycles. The van der Waals surface area contributed by atoms with E-state index in [0.717, 1.165) is 0 Å². The summed E-state index contributed by atoms with van der Waals surface area (Å²) < 4.78 is 2.33. The number of hydrogen-bond donors (Lipinski definition) is 0. The fourth-order valence-corrected chi connectivity index (χ4v) is 5.51. The molecule has 0 atom stereocenters. The molecule has 0 saturated heterocycles. The molecule has 1 aliphatic carbocycles. The summed E-state index contributed by atoms with van der Waals surface area (Å²) in [7, 11) is 2.18.